The molecule has 0 spiro atoms. The van der Waals surface area contributed by atoms with Crippen LogP contribution < -0.4 is 0 Å². The van der Waals surface area contributed by atoms with E-state index in [1.807, 2.05) is 0 Å². The second-order valence-corrected chi connectivity index (χ2v) is 5.65. The lowest BCUT2D eigenvalue weighted by Crippen LogP contribution is -2.52. The maximum absolute atomic E-state index is 5.46. The lowest BCUT2D eigenvalue weighted by Gasteiger charge is -2.39. The van der Waals surface area contributed by atoms with Crippen molar-refractivity contribution in [2.75, 3.05) is 45.9 Å². The van der Waals surface area contributed by atoms with Crippen LogP contribution in [0, 0.1) is 0 Å². The van der Waals surface area contributed by atoms with E-state index in [9.17, 15) is 0 Å². The first-order chi connectivity index (χ1) is 10.3. The maximum Gasteiger partial charge on any atom is 0.0593 e. The van der Waals surface area contributed by atoms with Crippen molar-refractivity contribution >= 4 is 6.08 Å². The van der Waals surface area contributed by atoms with Crippen LogP contribution in [0.3, 0.4) is 0 Å². The zero-order chi connectivity index (χ0) is 14.9. The first-order valence-corrected chi connectivity index (χ1v) is 8.05. The number of hydrogen-bond donors (Lipinski definition) is 0. The third-order valence-corrected chi connectivity index (χ3v) is 4.05. The van der Waals surface area contributed by atoms with Gasteiger partial charge in [-0.2, -0.15) is 0 Å². The zero-order valence-corrected chi connectivity index (χ0v) is 13.4. The fraction of sp³-hybridized carbons (Fsp3) is 0.556. The predicted molar refractivity (Wildman–Crippen MR) is 89.4 cm³/mol. The van der Waals surface area contributed by atoms with Crippen LogP contribution in [0.4, 0.5) is 0 Å². The predicted octanol–water partition coefficient (Wildman–Crippen LogP) is 2.74. The molecule has 0 bridgehead atoms. The normalized spacial score (nSPS) is 21.1. The first kappa shape index (κ1) is 16.2. The van der Waals surface area contributed by atoms with Crippen LogP contribution in [0.1, 0.15) is 19.4 Å². The summed E-state index contributed by atoms with van der Waals surface area (Å²) < 4.78 is 5.46. The Morgan fingerprint density at radius 3 is 2.76 bits per heavy atom. The summed E-state index contributed by atoms with van der Waals surface area (Å²) in [7, 11) is 0. The van der Waals surface area contributed by atoms with E-state index < -0.39 is 0 Å². The van der Waals surface area contributed by atoms with Crippen molar-refractivity contribution in [3.63, 3.8) is 0 Å². The first-order valence-electron chi connectivity index (χ1n) is 8.05. The van der Waals surface area contributed by atoms with Crippen LogP contribution in [0.5, 0.6) is 0 Å². The Morgan fingerprint density at radius 2 is 2.05 bits per heavy atom. The molecular formula is C18H28N2O. The van der Waals surface area contributed by atoms with Crippen molar-refractivity contribution in [2.24, 2.45) is 0 Å². The average Bonchev–Trinajstić information content (AvgIpc) is 2.51. The van der Waals surface area contributed by atoms with Gasteiger partial charge in [0.1, 0.15) is 0 Å². The highest BCUT2D eigenvalue weighted by Gasteiger charge is 2.22. The Labute approximate surface area is 129 Å². The van der Waals surface area contributed by atoms with Crippen LogP contribution in [-0.2, 0) is 4.74 Å². The highest BCUT2D eigenvalue weighted by atomic mass is 16.5. The highest BCUT2D eigenvalue weighted by molar-refractivity contribution is 5.48. The topological polar surface area (TPSA) is 15.7 Å². The third-order valence-electron chi connectivity index (χ3n) is 4.05. The summed E-state index contributed by atoms with van der Waals surface area (Å²) >= 11 is 0. The van der Waals surface area contributed by atoms with E-state index in [0.29, 0.717) is 6.04 Å². The van der Waals surface area contributed by atoms with Crippen molar-refractivity contribution in [1.29, 1.82) is 0 Å². The minimum absolute atomic E-state index is 0.615. The summed E-state index contributed by atoms with van der Waals surface area (Å²) in [4.78, 5) is 5.06. The van der Waals surface area contributed by atoms with Crippen LogP contribution >= 0.6 is 0 Å². The van der Waals surface area contributed by atoms with E-state index in [1.54, 1.807) is 0 Å². The molecule has 1 fully saturated rings. The van der Waals surface area contributed by atoms with E-state index in [4.69, 9.17) is 4.74 Å². The quantitative estimate of drug-likeness (QED) is 0.718. The molecule has 1 heterocycles. The van der Waals surface area contributed by atoms with Gasteiger partial charge in [-0.05, 0) is 19.4 Å². The fourth-order valence-corrected chi connectivity index (χ4v) is 2.80. The molecule has 1 atom stereocenters. The standard InChI is InChI=1S/C18H28N2O/c1-3-21-15-14-20-13-12-19(16-17(20)2)11-7-10-18-8-5-4-6-9-18/h4-10,17H,3,11-16H2,1-2H3. The van der Waals surface area contributed by atoms with Gasteiger partial charge < -0.3 is 4.74 Å². The van der Waals surface area contributed by atoms with Gasteiger partial charge in [0.2, 0.25) is 0 Å². The SMILES string of the molecule is CCOCCN1CCN(CC=Cc2ccccc2)CC1C. The van der Waals surface area contributed by atoms with Crippen molar-refractivity contribution in [3.8, 4) is 0 Å². The van der Waals surface area contributed by atoms with E-state index in [1.165, 1.54) is 5.56 Å². The molecule has 3 heteroatoms. The molecule has 0 saturated carbocycles. The molecule has 1 unspecified atom stereocenters. The van der Waals surface area contributed by atoms with E-state index in [2.05, 4.69) is 66.1 Å². The maximum atomic E-state index is 5.46. The lowest BCUT2D eigenvalue weighted by molar-refractivity contribution is 0.0535. The second-order valence-electron chi connectivity index (χ2n) is 5.65. The number of nitrogens with zero attached hydrogens (tertiary/aromatic N) is 2. The van der Waals surface area contributed by atoms with Gasteiger partial charge in [0.25, 0.3) is 0 Å². The molecular weight excluding hydrogens is 260 g/mol. The number of rotatable bonds is 7. The van der Waals surface area contributed by atoms with Gasteiger partial charge in [-0.1, -0.05) is 42.5 Å². The average molecular weight is 288 g/mol. The molecule has 0 aromatic heterocycles. The van der Waals surface area contributed by atoms with Gasteiger partial charge in [-0.15, -0.1) is 0 Å². The smallest absolute Gasteiger partial charge is 0.0593 e. The van der Waals surface area contributed by atoms with Gasteiger partial charge in [0.05, 0.1) is 6.61 Å². The second kappa shape index (κ2) is 8.98. The minimum Gasteiger partial charge on any atom is -0.380 e. The molecule has 0 N–H and O–H groups in total. The lowest BCUT2D eigenvalue weighted by atomic mass is 10.2. The Balaban J connectivity index is 1.71. The van der Waals surface area contributed by atoms with E-state index in [-0.39, 0.29) is 0 Å². The van der Waals surface area contributed by atoms with E-state index >= 15 is 0 Å². The number of hydrogen-bond acceptors (Lipinski definition) is 3. The summed E-state index contributed by atoms with van der Waals surface area (Å²) in [6, 6.07) is 11.1. The molecule has 3 nitrogen and oxygen atoms in total. The molecule has 116 valence electrons. The molecule has 2 rings (SSSR count). The molecule has 0 radical (unpaired) electrons. The highest BCUT2D eigenvalue weighted by Crippen LogP contribution is 2.09. The van der Waals surface area contributed by atoms with Crippen LogP contribution in [-0.4, -0.2) is 61.8 Å². The van der Waals surface area contributed by atoms with Gasteiger partial charge >= 0.3 is 0 Å². The largest absolute Gasteiger partial charge is 0.380 e. The Morgan fingerprint density at radius 1 is 1.24 bits per heavy atom. The summed E-state index contributed by atoms with van der Waals surface area (Å²) in [5.41, 5.74) is 1.28. The number of ether oxygens (including phenoxy) is 1. The Hall–Kier alpha value is -1.16. The van der Waals surface area contributed by atoms with Crippen molar-refractivity contribution < 1.29 is 4.74 Å². The molecule has 0 aliphatic carbocycles. The molecule has 1 aliphatic rings. The molecule has 1 aliphatic heterocycles. The Bertz CT molecular complexity index is 418. The summed E-state index contributed by atoms with van der Waals surface area (Å²) in [6.07, 6.45) is 4.49. The third kappa shape index (κ3) is 5.62. The van der Waals surface area contributed by atoms with Crippen LogP contribution in [0.15, 0.2) is 36.4 Å². The van der Waals surface area contributed by atoms with Gasteiger partial charge in [-0.25, -0.2) is 0 Å². The van der Waals surface area contributed by atoms with Gasteiger partial charge in [0.15, 0.2) is 0 Å². The van der Waals surface area contributed by atoms with Gasteiger partial charge in [0, 0.05) is 45.4 Å². The van der Waals surface area contributed by atoms with Crippen LogP contribution in [0.25, 0.3) is 6.08 Å². The Kier molecular flexibility index (Phi) is 6.93. The zero-order valence-electron chi connectivity index (χ0n) is 13.4. The molecule has 1 aromatic carbocycles. The van der Waals surface area contributed by atoms with Gasteiger partial charge in [-0.3, -0.25) is 9.80 Å². The summed E-state index contributed by atoms with van der Waals surface area (Å²) in [5.74, 6) is 0. The minimum atomic E-state index is 0.615. The monoisotopic (exact) mass is 288 g/mol. The number of benzene rings is 1. The molecule has 1 saturated heterocycles. The fourth-order valence-electron chi connectivity index (χ4n) is 2.80. The van der Waals surface area contributed by atoms with Crippen molar-refractivity contribution in [1.82, 2.24) is 9.80 Å². The van der Waals surface area contributed by atoms with Crippen LogP contribution in [0.2, 0.25) is 0 Å². The number of piperazine rings is 1. The van der Waals surface area contributed by atoms with Crippen molar-refractivity contribution in [3.05, 3.63) is 42.0 Å². The molecule has 1 aromatic rings. The van der Waals surface area contributed by atoms with E-state index in [0.717, 1.165) is 45.9 Å². The summed E-state index contributed by atoms with van der Waals surface area (Å²) in [6.45, 7) is 11.6. The van der Waals surface area contributed by atoms with Crippen molar-refractivity contribution in [2.45, 2.75) is 19.9 Å². The summed E-state index contributed by atoms with van der Waals surface area (Å²) in [5, 5.41) is 0. The molecule has 0 amide bonds. The molecule has 21 heavy (non-hydrogen) atoms.